The number of amides is 1. The van der Waals surface area contributed by atoms with Gasteiger partial charge in [-0.25, -0.2) is 12.8 Å². The Bertz CT molecular complexity index is 945. The lowest BCUT2D eigenvalue weighted by Gasteiger charge is -2.34. The van der Waals surface area contributed by atoms with Gasteiger partial charge in [-0.1, -0.05) is 41.4 Å². The maximum absolute atomic E-state index is 13.9. The molecule has 1 aliphatic rings. The fourth-order valence-electron chi connectivity index (χ4n) is 2.76. The predicted octanol–water partition coefficient (Wildman–Crippen LogP) is 3.28. The van der Waals surface area contributed by atoms with Gasteiger partial charge in [0, 0.05) is 26.2 Å². The van der Waals surface area contributed by atoms with Crippen LogP contribution >= 0.6 is 23.2 Å². The zero-order valence-electron chi connectivity index (χ0n) is 13.5. The van der Waals surface area contributed by atoms with Gasteiger partial charge in [0.25, 0.3) is 5.91 Å². The Morgan fingerprint density at radius 1 is 0.962 bits per heavy atom. The van der Waals surface area contributed by atoms with Gasteiger partial charge in [-0.05, 0) is 24.3 Å². The molecule has 1 fully saturated rings. The van der Waals surface area contributed by atoms with Crippen LogP contribution in [0.4, 0.5) is 4.39 Å². The van der Waals surface area contributed by atoms with Crippen molar-refractivity contribution < 1.29 is 17.6 Å². The second-order valence-corrected chi connectivity index (χ2v) is 8.42. The van der Waals surface area contributed by atoms with Crippen LogP contribution in [0.1, 0.15) is 10.4 Å². The van der Waals surface area contributed by atoms with Crippen LogP contribution in [0.15, 0.2) is 47.4 Å². The minimum absolute atomic E-state index is 0.0700. The highest BCUT2D eigenvalue weighted by Gasteiger charge is 2.32. The molecule has 1 saturated heterocycles. The first-order valence-electron chi connectivity index (χ1n) is 7.80. The van der Waals surface area contributed by atoms with E-state index in [0.717, 1.165) is 6.07 Å². The molecule has 0 unspecified atom stereocenters. The summed E-state index contributed by atoms with van der Waals surface area (Å²) in [5.41, 5.74) is 0.268. The fourth-order valence-corrected chi connectivity index (χ4v) is 4.63. The molecule has 138 valence electrons. The van der Waals surface area contributed by atoms with Gasteiger partial charge in [-0.2, -0.15) is 4.31 Å². The molecule has 0 saturated carbocycles. The largest absolute Gasteiger partial charge is 0.336 e. The summed E-state index contributed by atoms with van der Waals surface area (Å²) >= 11 is 12.0. The van der Waals surface area contributed by atoms with E-state index in [1.807, 2.05) is 0 Å². The van der Waals surface area contributed by atoms with Crippen LogP contribution in [0.5, 0.6) is 0 Å². The Morgan fingerprint density at radius 2 is 1.62 bits per heavy atom. The van der Waals surface area contributed by atoms with Crippen LogP contribution in [0.2, 0.25) is 10.0 Å². The summed E-state index contributed by atoms with van der Waals surface area (Å²) in [6, 6.07) is 10.0. The fraction of sp³-hybridized carbons (Fsp3) is 0.235. The molecule has 5 nitrogen and oxygen atoms in total. The van der Waals surface area contributed by atoms with E-state index in [2.05, 4.69) is 0 Å². The van der Waals surface area contributed by atoms with Gasteiger partial charge in [0.1, 0.15) is 10.7 Å². The molecule has 1 amide bonds. The normalized spacial score (nSPS) is 15.9. The van der Waals surface area contributed by atoms with Crippen LogP contribution in [0, 0.1) is 5.82 Å². The molecule has 0 radical (unpaired) electrons. The van der Waals surface area contributed by atoms with Crippen LogP contribution in [0.3, 0.4) is 0 Å². The summed E-state index contributed by atoms with van der Waals surface area (Å²) in [6.45, 7) is 0.492. The summed E-state index contributed by atoms with van der Waals surface area (Å²) in [6.07, 6.45) is 0. The first kappa shape index (κ1) is 19.1. The molecule has 2 aromatic rings. The maximum Gasteiger partial charge on any atom is 0.255 e. The molecular formula is C17H15Cl2FN2O3S. The van der Waals surface area contributed by atoms with Gasteiger partial charge in [-0.3, -0.25) is 4.79 Å². The second-order valence-electron chi connectivity index (χ2n) is 5.73. The molecule has 0 spiro atoms. The Kier molecular flexibility index (Phi) is 5.53. The molecule has 26 heavy (non-hydrogen) atoms. The lowest BCUT2D eigenvalue weighted by Crippen LogP contribution is -2.50. The Balaban J connectivity index is 1.74. The van der Waals surface area contributed by atoms with Gasteiger partial charge in [0.2, 0.25) is 10.0 Å². The Hall–Kier alpha value is -1.67. The van der Waals surface area contributed by atoms with Gasteiger partial charge < -0.3 is 4.90 Å². The van der Waals surface area contributed by atoms with Crippen LogP contribution in [0.25, 0.3) is 0 Å². The summed E-state index contributed by atoms with van der Waals surface area (Å²) in [5, 5.41) is 0.443. The lowest BCUT2D eigenvalue weighted by atomic mass is 10.2. The minimum Gasteiger partial charge on any atom is -0.336 e. The number of sulfonamides is 1. The summed E-state index contributed by atoms with van der Waals surface area (Å²) in [7, 11) is -3.95. The van der Waals surface area contributed by atoms with E-state index in [-0.39, 0.29) is 52.6 Å². The number of halogens is 3. The molecule has 9 heteroatoms. The molecular weight excluding hydrogens is 402 g/mol. The van der Waals surface area contributed by atoms with Crippen molar-refractivity contribution in [2.75, 3.05) is 26.2 Å². The summed E-state index contributed by atoms with van der Waals surface area (Å²) in [4.78, 5) is 13.7. The summed E-state index contributed by atoms with van der Waals surface area (Å²) in [5.74, 6) is -1.11. The predicted molar refractivity (Wildman–Crippen MR) is 97.5 cm³/mol. The molecule has 0 atom stereocenters. The van der Waals surface area contributed by atoms with E-state index in [1.54, 1.807) is 18.2 Å². The van der Waals surface area contributed by atoms with Crippen molar-refractivity contribution in [2.24, 2.45) is 0 Å². The van der Waals surface area contributed by atoms with Crippen molar-refractivity contribution in [2.45, 2.75) is 4.90 Å². The van der Waals surface area contributed by atoms with Gasteiger partial charge >= 0.3 is 0 Å². The van der Waals surface area contributed by atoms with E-state index in [9.17, 15) is 17.6 Å². The number of carbonyl (C=O) groups excluding carboxylic acids is 1. The smallest absolute Gasteiger partial charge is 0.255 e. The number of nitrogens with zero attached hydrogens (tertiary/aromatic N) is 2. The highest BCUT2D eigenvalue weighted by Crippen LogP contribution is 2.27. The number of hydrogen-bond acceptors (Lipinski definition) is 3. The number of piperazine rings is 1. The molecule has 3 rings (SSSR count). The van der Waals surface area contributed by atoms with E-state index >= 15 is 0 Å². The number of carbonyl (C=O) groups is 1. The van der Waals surface area contributed by atoms with Gasteiger partial charge in [-0.15, -0.1) is 0 Å². The highest BCUT2D eigenvalue weighted by molar-refractivity contribution is 7.89. The maximum atomic E-state index is 13.9. The van der Waals surface area contributed by atoms with Crippen LogP contribution in [-0.2, 0) is 10.0 Å². The highest BCUT2D eigenvalue weighted by atomic mass is 35.5. The second kappa shape index (κ2) is 7.52. The molecule has 0 aromatic heterocycles. The third-order valence-electron chi connectivity index (χ3n) is 4.16. The Labute approximate surface area is 161 Å². The molecule has 1 heterocycles. The third kappa shape index (κ3) is 3.57. The molecule has 0 bridgehead atoms. The third-order valence-corrected chi connectivity index (χ3v) is 6.91. The van der Waals surface area contributed by atoms with E-state index in [1.165, 1.54) is 27.4 Å². The molecule has 2 aromatic carbocycles. The van der Waals surface area contributed by atoms with E-state index in [4.69, 9.17) is 23.2 Å². The topological polar surface area (TPSA) is 57.7 Å². The Morgan fingerprint density at radius 3 is 2.27 bits per heavy atom. The monoisotopic (exact) mass is 416 g/mol. The standard InChI is InChI=1S/C17H15Cl2FN2O3S/c18-13-5-3-4-12(16(13)19)17(23)21-8-10-22(11-9-21)26(24,25)15-7-2-1-6-14(15)20/h1-7H,8-11H2. The van der Waals surface area contributed by atoms with E-state index < -0.39 is 15.8 Å². The van der Waals surface area contributed by atoms with Crippen molar-refractivity contribution in [1.29, 1.82) is 0 Å². The van der Waals surface area contributed by atoms with Crippen molar-refractivity contribution >= 4 is 39.1 Å². The van der Waals surface area contributed by atoms with Crippen molar-refractivity contribution in [3.8, 4) is 0 Å². The van der Waals surface area contributed by atoms with Crippen molar-refractivity contribution in [3.63, 3.8) is 0 Å². The molecule has 0 N–H and O–H groups in total. The number of benzene rings is 2. The first-order chi connectivity index (χ1) is 12.3. The zero-order chi connectivity index (χ0) is 18.9. The SMILES string of the molecule is O=C(c1cccc(Cl)c1Cl)N1CCN(S(=O)(=O)c2ccccc2F)CC1. The minimum atomic E-state index is -3.95. The number of rotatable bonds is 3. The number of hydrogen-bond donors (Lipinski definition) is 0. The van der Waals surface area contributed by atoms with Crippen LogP contribution in [-0.4, -0.2) is 49.7 Å². The van der Waals surface area contributed by atoms with Gasteiger partial charge in [0.15, 0.2) is 0 Å². The molecule has 0 aliphatic carbocycles. The zero-order valence-corrected chi connectivity index (χ0v) is 15.9. The molecule has 1 aliphatic heterocycles. The lowest BCUT2D eigenvalue weighted by molar-refractivity contribution is 0.0698. The van der Waals surface area contributed by atoms with Crippen LogP contribution < -0.4 is 0 Å². The first-order valence-corrected chi connectivity index (χ1v) is 10.00. The van der Waals surface area contributed by atoms with Gasteiger partial charge in [0.05, 0.1) is 15.6 Å². The average Bonchev–Trinajstić information content (AvgIpc) is 2.64. The van der Waals surface area contributed by atoms with Crippen molar-refractivity contribution in [3.05, 3.63) is 63.9 Å². The van der Waals surface area contributed by atoms with Crippen molar-refractivity contribution in [1.82, 2.24) is 9.21 Å². The van der Waals surface area contributed by atoms with E-state index in [0.29, 0.717) is 0 Å². The summed E-state index contributed by atoms with van der Waals surface area (Å²) < 4.78 is 40.2. The average molecular weight is 417 g/mol. The quantitative estimate of drug-likeness (QED) is 0.771.